The lowest BCUT2D eigenvalue weighted by molar-refractivity contribution is 0.668. The molecule has 0 unspecified atom stereocenters. The van der Waals surface area contributed by atoms with Gasteiger partial charge in [0, 0.05) is 82.8 Å². The smallest absolute Gasteiger partial charge is 0.137 e. The number of aromatic nitrogens is 2. The molecule has 0 aliphatic rings. The predicted molar refractivity (Wildman–Crippen MR) is 242 cm³/mol. The molecule has 14 aromatic rings. The fourth-order valence-corrected chi connectivity index (χ4v) is 10.3. The molecule has 0 aliphatic heterocycles. The Hall–Kier alpha value is -7.82. The zero-order chi connectivity index (χ0) is 37.6. The van der Waals surface area contributed by atoms with Gasteiger partial charge in [-0.2, -0.15) is 0 Å². The Bertz CT molecular complexity index is 4100. The van der Waals surface area contributed by atoms with Crippen molar-refractivity contribution in [2.24, 2.45) is 0 Å². The first-order valence-corrected chi connectivity index (χ1v) is 19.8. The third-order valence-electron chi connectivity index (χ3n) is 12.6. The third-order valence-corrected chi connectivity index (χ3v) is 12.6. The van der Waals surface area contributed by atoms with Crippen molar-refractivity contribution in [3.05, 3.63) is 182 Å². The van der Waals surface area contributed by atoms with E-state index in [9.17, 15) is 0 Å². The molecule has 4 aromatic heterocycles. The second-order valence-electron chi connectivity index (χ2n) is 15.6. The Balaban J connectivity index is 1.22. The molecule has 0 saturated heterocycles. The molecule has 0 radical (unpaired) electrons. The van der Waals surface area contributed by atoms with Gasteiger partial charge in [0.1, 0.15) is 22.3 Å². The second kappa shape index (κ2) is 10.9. The molecule has 0 atom stereocenters. The van der Waals surface area contributed by atoms with Gasteiger partial charge in [0.25, 0.3) is 0 Å². The van der Waals surface area contributed by atoms with E-state index in [1.54, 1.807) is 0 Å². The van der Waals surface area contributed by atoms with E-state index in [0.29, 0.717) is 0 Å². The van der Waals surface area contributed by atoms with Gasteiger partial charge in [0.2, 0.25) is 0 Å². The highest BCUT2D eigenvalue weighted by molar-refractivity contribution is 6.44. The maximum absolute atomic E-state index is 6.51. The third kappa shape index (κ3) is 3.79. The van der Waals surface area contributed by atoms with Crippen molar-refractivity contribution in [1.29, 1.82) is 0 Å². The van der Waals surface area contributed by atoms with Crippen LogP contribution in [0, 0.1) is 0 Å². The topological polar surface area (TPSA) is 36.1 Å². The van der Waals surface area contributed by atoms with Gasteiger partial charge >= 0.3 is 0 Å². The van der Waals surface area contributed by atoms with Crippen molar-refractivity contribution in [3.63, 3.8) is 0 Å². The summed E-state index contributed by atoms with van der Waals surface area (Å²) in [5.41, 5.74) is 10.4. The summed E-state index contributed by atoms with van der Waals surface area (Å²) in [6, 6.07) is 65.8. The van der Waals surface area contributed by atoms with Gasteiger partial charge in [-0.15, -0.1) is 0 Å². The van der Waals surface area contributed by atoms with E-state index in [1.165, 1.54) is 64.9 Å². The molecule has 4 nitrogen and oxygen atoms in total. The molecule has 58 heavy (non-hydrogen) atoms. The minimum absolute atomic E-state index is 0.881. The van der Waals surface area contributed by atoms with Crippen LogP contribution in [0.1, 0.15) is 0 Å². The molecule has 0 bridgehead atoms. The van der Waals surface area contributed by atoms with Crippen molar-refractivity contribution >= 4 is 120 Å². The number of hydrogen-bond acceptors (Lipinski definition) is 2. The van der Waals surface area contributed by atoms with Crippen LogP contribution in [0.15, 0.2) is 191 Å². The zero-order valence-corrected chi connectivity index (χ0v) is 31.0. The lowest BCUT2D eigenvalue weighted by Gasteiger charge is -2.17. The van der Waals surface area contributed by atoms with Gasteiger partial charge in [0.15, 0.2) is 0 Å². The molecular weight excluding hydrogens is 709 g/mol. The lowest BCUT2D eigenvalue weighted by Crippen LogP contribution is -1.97. The second-order valence-corrected chi connectivity index (χ2v) is 15.6. The normalized spacial score (nSPS) is 12.5. The van der Waals surface area contributed by atoms with Crippen LogP contribution in [-0.2, 0) is 0 Å². The Morgan fingerprint density at radius 2 is 0.638 bits per heavy atom. The van der Waals surface area contributed by atoms with Gasteiger partial charge in [0.05, 0.1) is 22.1 Å². The number of fused-ring (bicyclic) bond motifs is 21. The highest BCUT2D eigenvalue weighted by atomic mass is 16.3. The number of furan rings is 2. The Labute approximate surface area is 329 Å². The van der Waals surface area contributed by atoms with Crippen LogP contribution in [0.3, 0.4) is 0 Å². The van der Waals surface area contributed by atoms with Crippen LogP contribution in [0.25, 0.3) is 131 Å². The standard InChI is InChI=1S/C54H30N2O2/c1-2-16-38-37(15-1)49-41-19-5-9-21-43(41)56(32-26-28-36-34-14-8-12-24-46(34)58-48(36)30-32)54(49)51-39-17-3-4-18-40(39)53-52(50(38)51)42-20-6-10-22-44(42)55(53)31-25-27-35-33-13-7-11-23-45(33)57-47(35)29-31/h1-30H. The van der Waals surface area contributed by atoms with E-state index in [2.05, 4.69) is 179 Å². The quantitative estimate of drug-likeness (QED) is 0.166. The Morgan fingerprint density at radius 1 is 0.259 bits per heavy atom. The van der Waals surface area contributed by atoms with E-state index in [0.717, 1.165) is 66.3 Å². The molecular formula is C54H30N2O2. The summed E-state index contributed by atoms with van der Waals surface area (Å²) < 4.78 is 17.9. The molecule has 0 aliphatic carbocycles. The molecule has 10 aromatic carbocycles. The summed E-state index contributed by atoms with van der Waals surface area (Å²) in [5, 5.41) is 16.8. The summed E-state index contributed by atoms with van der Waals surface area (Å²) in [7, 11) is 0. The predicted octanol–water partition coefficient (Wildman–Crippen LogP) is 15.1. The largest absolute Gasteiger partial charge is 0.456 e. The van der Waals surface area contributed by atoms with Crippen LogP contribution >= 0.6 is 0 Å². The number of hydrogen-bond donors (Lipinski definition) is 0. The first kappa shape index (κ1) is 30.4. The van der Waals surface area contributed by atoms with Gasteiger partial charge in [-0.25, -0.2) is 0 Å². The molecule has 0 saturated carbocycles. The molecule has 0 amide bonds. The SMILES string of the molecule is c1ccc2c(c1)oc1cc(-n3c4ccccc4c4c5c6ccccc6c6c7ccccc7n(-c7ccc8c(c7)oc7ccccc78)c6c5c5ccccc5c43)ccc12. The van der Waals surface area contributed by atoms with Crippen molar-refractivity contribution in [2.45, 2.75) is 0 Å². The van der Waals surface area contributed by atoms with Gasteiger partial charge in [-0.05, 0) is 64.7 Å². The van der Waals surface area contributed by atoms with E-state index in [1.807, 2.05) is 12.1 Å². The molecule has 0 spiro atoms. The highest BCUT2D eigenvalue weighted by Crippen LogP contribution is 2.50. The molecule has 14 rings (SSSR count). The van der Waals surface area contributed by atoms with E-state index < -0.39 is 0 Å². The summed E-state index contributed by atoms with van der Waals surface area (Å²) in [5.74, 6) is 0. The van der Waals surface area contributed by atoms with E-state index in [4.69, 9.17) is 8.83 Å². The lowest BCUT2D eigenvalue weighted by atomic mass is 9.90. The highest BCUT2D eigenvalue weighted by Gasteiger charge is 2.26. The summed E-state index contributed by atoms with van der Waals surface area (Å²) in [6.07, 6.45) is 0. The van der Waals surface area contributed by atoms with Crippen molar-refractivity contribution in [1.82, 2.24) is 9.13 Å². The van der Waals surface area contributed by atoms with Crippen molar-refractivity contribution in [3.8, 4) is 11.4 Å². The average Bonchev–Trinajstić information content (AvgIpc) is 4.03. The minimum atomic E-state index is 0.881. The van der Waals surface area contributed by atoms with Crippen molar-refractivity contribution < 1.29 is 8.83 Å². The van der Waals surface area contributed by atoms with Crippen LogP contribution in [-0.4, -0.2) is 9.13 Å². The zero-order valence-electron chi connectivity index (χ0n) is 31.0. The summed E-state index contributed by atoms with van der Waals surface area (Å²) in [4.78, 5) is 0. The molecule has 4 heterocycles. The first-order chi connectivity index (χ1) is 28.8. The Kier molecular flexibility index (Phi) is 5.73. The van der Waals surface area contributed by atoms with Crippen LogP contribution in [0.4, 0.5) is 0 Å². The van der Waals surface area contributed by atoms with Gasteiger partial charge < -0.3 is 18.0 Å². The van der Waals surface area contributed by atoms with Gasteiger partial charge in [-0.1, -0.05) is 121 Å². The van der Waals surface area contributed by atoms with E-state index >= 15 is 0 Å². The molecule has 268 valence electrons. The van der Waals surface area contributed by atoms with Crippen molar-refractivity contribution in [2.75, 3.05) is 0 Å². The number of nitrogens with zero attached hydrogens (tertiary/aromatic N) is 2. The monoisotopic (exact) mass is 738 g/mol. The molecule has 0 fully saturated rings. The van der Waals surface area contributed by atoms with Crippen LogP contribution in [0.5, 0.6) is 0 Å². The Morgan fingerprint density at radius 3 is 1.21 bits per heavy atom. The number of para-hydroxylation sites is 4. The fraction of sp³-hybridized carbons (Fsp3) is 0. The number of benzene rings is 10. The minimum Gasteiger partial charge on any atom is -0.456 e. The maximum atomic E-state index is 6.51. The average molecular weight is 739 g/mol. The van der Waals surface area contributed by atoms with Gasteiger partial charge in [-0.3, -0.25) is 0 Å². The first-order valence-electron chi connectivity index (χ1n) is 19.8. The molecule has 4 heteroatoms. The number of rotatable bonds is 2. The maximum Gasteiger partial charge on any atom is 0.137 e. The van der Waals surface area contributed by atoms with Crippen LogP contribution < -0.4 is 0 Å². The fourth-order valence-electron chi connectivity index (χ4n) is 10.3. The summed E-state index contributed by atoms with van der Waals surface area (Å²) in [6.45, 7) is 0. The van der Waals surface area contributed by atoms with Crippen LogP contribution in [0.2, 0.25) is 0 Å². The van der Waals surface area contributed by atoms with E-state index in [-0.39, 0.29) is 0 Å². The summed E-state index contributed by atoms with van der Waals surface area (Å²) >= 11 is 0. The molecule has 0 N–H and O–H groups in total.